The van der Waals surface area contributed by atoms with Gasteiger partial charge in [0.25, 0.3) is 5.91 Å². The highest BCUT2D eigenvalue weighted by Gasteiger charge is 2.57. The van der Waals surface area contributed by atoms with Crippen LogP contribution >= 0.6 is 0 Å². The van der Waals surface area contributed by atoms with Crippen molar-refractivity contribution in [3.05, 3.63) is 0 Å². The molecule has 1 fully saturated rings. The molecular weight excluding hydrogens is 242 g/mol. The Hall–Kier alpha value is -1.68. The summed E-state index contributed by atoms with van der Waals surface area (Å²) in [5.41, 5.74) is -1.79. The molecule has 0 bridgehead atoms. The van der Waals surface area contributed by atoms with Gasteiger partial charge in [-0.1, -0.05) is 0 Å². The monoisotopic (exact) mass is 251 g/mol. The molecule has 0 aliphatic carbocycles. The third kappa shape index (κ3) is 1.97. The molecule has 3 amide bonds. The van der Waals surface area contributed by atoms with Gasteiger partial charge >= 0.3 is 10.3 Å². The first-order valence-corrected chi connectivity index (χ1v) is 5.42. The molecule has 0 radical (unpaired) electrons. The Morgan fingerprint density at radius 1 is 1.62 bits per heavy atom. The first-order chi connectivity index (χ1) is 7.23. The van der Waals surface area contributed by atoms with Crippen molar-refractivity contribution in [2.24, 2.45) is 0 Å². The van der Waals surface area contributed by atoms with Crippen LogP contribution in [-0.4, -0.2) is 47.7 Å². The van der Waals surface area contributed by atoms with Crippen LogP contribution in [0.2, 0.25) is 0 Å². The largest absolute Gasteiger partial charge is 0.362 e. The molecule has 1 aliphatic heterocycles. The predicted octanol–water partition coefficient (Wildman–Crippen LogP) is -2.79. The molecule has 0 aromatic rings. The zero-order valence-electron chi connectivity index (χ0n) is 8.13. The second-order valence-electron chi connectivity index (χ2n) is 3.14. The lowest BCUT2D eigenvalue weighted by molar-refractivity contribution is -0.152. The third-order valence-electron chi connectivity index (χ3n) is 1.95. The van der Waals surface area contributed by atoms with Gasteiger partial charge in [-0.3, -0.25) is 18.9 Å². The molecule has 1 rings (SSSR count). The van der Waals surface area contributed by atoms with Gasteiger partial charge in [0, 0.05) is 6.92 Å². The minimum absolute atomic E-state index is 0.124. The number of nitrogens with zero attached hydrogens (tertiary/aromatic N) is 1. The lowest BCUT2D eigenvalue weighted by Crippen LogP contribution is -2.80. The number of carbonyl (C=O) groups excluding carboxylic acids is 3. The molecule has 0 saturated carbocycles. The first-order valence-electron chi connectivity index (χ1n) is 4.02. The van der Waals surface area contributed by atoms with E-state index >= 15 is 0 Å². The number of hydrogen-bond donors (Lipinski definition) is 3. The van der Waals surface area contributed by atoms with Crippen LogP contribution in [0.4, 0.5) is 0 Å². The standard InChI is InChI=1S/C6H9N3O6S/c1-4(11)8-6(7-3-10)2-9(5(6)12)16(13,14)15/h3H,2H2,1H3,(H,7,10)(H,8,11)(H,13,14,15). The fraction of sp³-hybridized carbons (Fsp3) is 0.500. The van der Waals surface area contributed by atoms with Gasteiger partial charge < -0.3 is 10.6 Å². The summed E-state index contributed by atoms with van der Waals surface area (Å²) in [6.45, 7) is 0.542. The molecule has 9 nitrogen and oxygen atoms in total. The van der Waals surface area contributed by atoms with E-state index in [1.807, 2.05) is 5.32 Å². The molecular formula is C6H9N3O6S. The van der Waals surface area contributed by atoms with E-state index < -0.39 is 34.3 Å². The summed E-state index contributed by atoms with van der Waals surface area (Å²) in [5.74, 6) is -1.75. The molecule has 3 N–H and O–H groups in total. The van der Waals surface area contributed by atoms with Gasteiger partial charge in [0.1, 0.15) is 0 Å². The Morgan fingerprint density at radius 3 is 2.50 bits per heavy atom. The van der Waals surface area contributed by atoms with Crippen molar-refractivity contribution >= 4 is 28.5 Å². The molecule has 1 atom stereocenters. The number of carbonyl (C=O) groups is 3. The van der Waals surface area contributed by atoms with E-state index in [4.69, 9.17) is 4.55 Å². The Morgan fingerprint density at radius 2 is 2.19 bits per heavy atom. The molecule has 10 heteroatoms. The van der Waals surface area contributed by atoms with E-state index in [1.54, 1.807) is 0 Å². The number of hydrogen-bond acceptors (Lipinski definition) is 5. The number of amides is 3. The summed E-state index contributed by atoms with van der Waals surface area (Å²) in [5, 5.41) is 4.10. The smallest absolute Gasteiger partial charge is 0.327 e. The van der Waals surface area contributed by atoms with Crippen LogP contribution in [-0.2, 0) is 24.7 Å². The minimum atomic E-state index is -4.66. The van der Waals surface area contributed by atoms with Crippen molar-refractivity contribution in [2.45, 2.75) is 12.6 Å². The average Bonchev–Trinajstić information content (AvgIpc) is 2.11. The van der Waals surface area contributed by atoms with Crippen molar-refractivity contribution in [3.8, 4) is 0 Å². The zero-order valence-corrected chi connectivity index (χ0v) is 8.94. The molecule has 16 heavy (non-hydrogen) atoms. The van der Waals surface area contributed by atoms with Crippen molar-refractivity contribution in [3.63, 3.8) is 0 Å². The second kappa shape index (κ2) is 3.72. The molecule has 1 saturated heterocycles. The minimum Gasteiger partial charge on any atom is -0.327 e. The topological polar surface area (TPSA) is 133 Å². The van der Waals surface area contributed by atoms with Crippen LogP contribution in [0.5, 0.6) is 0 Å². The molecule has 0 spiro atoms. The molecule has 0 aromatic carbocycles. The molecule has 0 aromatic heterocycles. The fourth-order valence-corrected chi connectivity index (χ4v) is 2.02. The fourth-order valence-electron chi connectivity index (χ4n) is 1.30. The van der Waals surface area contributed by atoms with Crippen molar-refractivity contribution in [2.75, 3.05) is 6.54 Å². The maximum atomic E-state index is 11.4. The second-order valence-corrected chi connectivity index (χ2v) is 4.47. The van der Waals surface area contributed by atoms with E-state index in [2.05, 4.69) is 5.32 Å². The van der Waals surface area contributed by atoms with E-state index in [-0.39, 0.29) is 10.7 Å². The average molecular weight is 251 g/mol. The number of nitrogens with one attached hydrogen (secondary N) is 2. The van der Waals surface area contributed by atoms with E-state index in [0.29, 0.717) is 0 Å². The van der Waals surface area contributed by atoms with Gasteiger partial charge in [0.05, 0.1) is 6.54 Å². The van der Waals surface area contributed by atoms with Crippen molar-refractivity contribution in [1.29, 1.82) is 0 Å². The van der Waals surface area contributed by atoms with Crippen LogP contribution in [0.15, 0.2) is 0 Å². The maximum Gasteiger partial charge on any atom is 0.362 e. The normalized spacial score (nSPS) is 24.6. The predicted molar refractivity (Wildman–Crippen MR) is 49.0 cm³/mol. The van der Waals surface area contributed by atoms with Gasteiger partial charge in [0.2, 0.25) is 18.0 Å². The highest BCUT2D eigenvalue weighted by Crippen LogP contribution is 2.22. The first kappa shape index (κ1) is 12.4. The van der Waals surface area contributed by atoms with Crippen LogP contribution in [0.25, 0.3) is 0 Å². The van der Waals surface area contributed by atoms with Crippen LogP contribution < -0.4 is 10.6 Å². The quantitative estimate of drug-likeness (QED) is 0.214. The highest BCUT2D eigenvalue weighted by molar-refractivity contribution is 7.84. The Bertz CT molecular complexity index is 445. The highest BCUT2D eigenvalue weighted by atomic mass is 32.2. The molecule has 1 unspecified atom stereocenters. The lowest BCUT2D eigenvalue weighted by atomic mass is 10.0. The summed E-state index contributed by atoms with van der Waals surface area (Å²) >= 11 is 0. The summed E-state index contributed by atoms with van der Waals surface area (Å²) in [6, 6.07) is 0. The third-order valence-corrected chi connectivity index (χ3v) is 2.80. The number of rotatable bonds is 4. The van der Waals surface area contributed by atoms with Gasteiger partial charge in [-0.05, 0) is 0 Å². The van der Waals surface area contributed by atoms with E-state index in [0.717, 1.165) is 6.92 Å². The van der Waals surface area contributed by atoms with E-state index in [1.165, 1.54) is 0 Å². The summed E-state index contributed by atoms with van der Waals surface area (Å²) in [7, 11) is -4.66. The van der Waals surface area contributed by atoms with Gasteiger partial charge in [-0.25, -0.2) is 4.31 Å². The van der Waals surface area contributed by atoms with Crippen LogP contribution in [0.3, 0.4) is 0 Å². The Labute approximate surface area is 90.7 Å². The summed E-state index contributed by atoms with van der Waals surface area (Å²) < 4.78 is 30.0. The zero-order chi connectivity index (χ0) is 12.6. The summed E-state index contributed by atoms with van der Waals surface area (Å²) in [6.07, 6.45) is 0.148. The molecule has 1 heterocycles. The molecule has 1 aliphatic rings. The van der Waals surface area contributed by atoms with Gasteiger partial charge in [-0.15, -0.1) is 0 Å². The van der Waals surface area contributed by atoms with Crippen molar-refractivity contribution < 1.29 is 27.4 Å². The number of β-lactam (4-membered cyclic amide) rings is 1. The van der Waals surface area contributed by atoms with Gasteiger partial charge in [-0.2, -0.15) is 8.42 Å². The SMILES string of the molecule is CC(=O)NC1(NC=O)CN(S(=O)(=O)O)C1=O. The van der Waals surface area contributed by atoms with Crippen LogP contribution in [0, 0.1) is 0 Å². The van der Waals surface area contributed by atoms with Crippen molar-refractivity contribution in [1.82, 2.24) is 14.9 Å². The van der Waals surface area contributed by atoms with Crippen LogP contribution in [0.1, 0.15) is 6.92 Å². The Balaban J connectivity index is 2.91. The Kier molecular flexibility index (Phi) is 2.88. The summed E-state index contributed by atoms with van der Waals surface area (Å²) in [4.78, 5) is 32.4. The maximum absolute atomic E-state index is 11.4. The van der Waals surface area contributed by atoms with Gasteiger partial charge in [0.15, 0.2) is 0 Å². The van der Waals surface area contributed by atoms with E-state index in [9.17, 15) is 22.8 Å². The molecule has 90 valence electrons. The lowest BCUT2D eigenvalue weighted by Gasteiger charge is -2.45.